The molecular weight excluding hydrogens is 266 g/mol. The molecule has 0 aliphatic rings. The van der Waals surface area contributed by atoms with Gasteiger partial charge < -0.3 is 9.84 Å². The molecule has 1 aromatic rings. The second-order valence-electron chi connectivity index (χ2n) is 4.40. The Hall–Kier alpha value is -0.940. The minimum absolute atomic E-state index is 0. The highest BCUT2D eigenvalue weighted by Crippen LogP contribution is 2.26. The Labute approximate surface area is 120 Å². The van der Waals surface area contributed by atoms with E-state index in [4.69, 9.17) is 10.5 Å². The van der Waals surface area contributed by atoms with Crippen LogP contribution in [-0.2, 0) is 10.5 Å². The number of rotatable bonds is 7. The molecule has 108 valence electrons. The van der Waals surface area contributed by atoms with E-state index in [-0.39, 0.29) is 12.4 Å². The highest BCUT2D eigenvalue weighted by atomic mass is 35.5. The molecule has 0 radical (unpaired) electrons. The third-order valence-electron chi connectivity index (χ3n) is 3.14. The van der Waals surface area contributed by atoms with Crippen LogP contribution in [-0.4, -0.2) is 24.6 Å². The first kappa shape index (κ1) is 18.1. The Morgan fingerprint density at radius 1 is 1.53 bits per heavy atom. The molecule has 0 aliphatic heterocycles. The monoisotopic (exact) mass is 287 g/mol. The molecule has 0 unspecified atom stereocenters. The van der Waals surface area contributed by atoms with Gasteiger partial charge in [0.05, 0.1) is 0 Å². The lowest BCUT2D eigenvalue weighted by atomic mass is 9.93. The molecule has 2 atom stereocenters. The topological polar surface area (TPSA) is 72.6 Å². The molecule has 0 saturated carbocycles. The molecule has 3 N–H and O–H groups in total. The van der Waals surface area contributed by atoms with Crippen molar-refractivity contribution in [3.63, 3.8) is 0 Å². The van der Waals surface area contributed by atoms with Crippen LogP contribution in [0.5, 0.6) is 0 Å². The zero-order chi connectivity index (χ0) is 13.6. The average molecular weight is 288 g/mol. The summed E-state index contributed by atoms with van der Waals surface area (Å²) in [5, 5.41) is 10.2. The molecule has 0 amide bonds. The smallest absolute Gasteiger partial charge is 0.168 e. The molecule has 0 saturated heterocycles. The van der Waals surface area contributed by atoms with Gasteiger partial charge in [0.15, 0.2) is 5.72 Å². The SMILES string of the molecule is CCCC[C@H](O)[C@@](N)(OC)c1cccc(C=O)c1.Cl. The number of hydrogen-bond acceptors (Lipinski definition) is 4. The number of aldehydes is 1. The van der Waals surface area contributed by atoms with Gasteiger partial charge in [-0.25, -0.2) is 0 Å². The summed E-state index contributed by atoms with van der Waals surface area (Å²) >= 11 is 0. The lowest BCUT2D eigenvalue weighted by molar-refractivity contribution is -0.108. The number of aliphatic hydroxyl groups excluding tert-OH is 1. The fraction of sp³-hybridized carbons (Fsp3) is 0.500. The Kier molecular flexibility index (Phi) is 7.87. The van der Waals surface area contributed by atoms with Crippen molar-refractivity contribution in [2.75, 3.05) is 7.11 Å². The fourth-order valence-corrected chi connectivity index (χ4v) is 1.91. The molecule has 4 nitrogen and oxygen atoms in total. The summed E-state index contributed by atoms with van der Waals surface area (Å²) in [6.07, 6.45) is 2.36. The summed E-state index contributed by atoms with van der Waals surface area (Å²) in [7, 11) is 1.46. The van der Waals surface area contributed by atoms with Gasteiger partial charge in [0.1, 0.15) is 12.4 Å². The van der Waals surface area contributed by atoms with E-state index in [1.807, 2.05) is 6.92 Å². The number of unbranched alkanes of at least 4 members (excludes halogenated alkanes) is 1. The van der Waals surface area contributed by atoms with Crippen LogP contribution in [0, 0.1) is 0 Å². The van der Waals surface area contributed by atoms with Crippen molar-refractivity contribution in [1.82, 2.24) is 0 Å². The van der Waals surface area contributed by atoms with E-state index in [9.17, 15) is 9.90 Å². The number of carbonyl (C=O) groups is 1. The minimum Gasteiger partial charge on any atom is -0.388 e. The number of halogens is 1. The molecule has 1 aromatic carbocycles. The van der Waals surface area contributed by atoms with Crippen LogP contribution >= 0.6 is 12.4 Å². The van der Waals surface area contributed by atoms with Gasteiger partial charge >= 0.3 is 0 Å². The molecule has 19 heavy (non-hydrogen) atoms. The Bertz CT molecular complexity index is 400. The van der Waals surface area contributed by atoms with Gasteiger partial charge in [-0.05, 0) is 12.5 Å². The van der Waals surface area contributed by atoms with Crippen LogP contribution in [0.15, 0.2) is 24.3 Å². The van der Waals surface area contributed by atoms with Gasteiger partial charge in [0.25, 0.3) is 0 Å². The predicted octanol–water partition coefficient (Wildman–Crippen LogP) is 2.23. The molecule has 0 heterocycles. The maximum absolute atomic E-state index is 10.8. The van der Waals surface area contributed by atoms with Gasteiger partial charge in [-0.2, -0.15) is 0 Å². The Morgan fingerprint density at radius 2 is 2.21 bits per heavy atom. The summed E-state index contributed by atoms with van der Waals surface area (Å²) < 4.78 is 5.29. The van der Waals surface area contributed by atoms with E-state index in [1.165, 1.54) is 7.11 Å². The normalized spacial score (nSPS) is 15.2. The van der Waals surface area contributed by atoms with Crippen molar-refractivity contribution in [2.24, 2.45) is 5.73 Å². The molecule has 0 spiro atoms. The molecule has 5 heteroatoms. The van der Waals surface area contributed by atoms with E-state index in [2.05, 4.69) is 0 Å². The quantitative estimate of drug-likeness (QED) is 0.596. The second-order valence-corrected chi connectivity index (χ2v) is 4.40. The number of ether oxygens (including phenoxy) is 1. The van der Waals surface area contributed by atoms with Crippen molar-refractivity contribution >= 4 is 18.7 Å². The van der Waals surface area contributed by atoms with Crippen LogP contribution in [0.1, 0.15) is 42.1 Å². The zero-order valence-corrected chi connectivity index (χ0v) is 12.2. The van der Waals surface area contributed by atoms with Gasteiger partial charge in [-0.1, -0.05) is 38.0 Å². The van der Waals surface area contributed by atoms with Gasteiger partial charge in [-0.15, -0.1) is 12.4 Å². The molecule has 0 aromatic heterocycles. The van der Waals surface area contributed by atoms with Gasteiger partial charge in [0, 0.05) is 18.2 Å². The first-order valence-corrected chi connectivity index (χ1v) is 6.16. The summed E-state index contributed by atoms with van der Waals surface area (Å²) in [4.78, 5) is 10.8. The summed E-state index contributed by atoms with van der Waals surface area (Å²) in [6, 6.07) is 6.81. The largest absolute Gasteiger partial charge is 0.388 e. The number of aliphatic hydroxyl groups is 1. The van der Waals surface area contributed by atoms with Crippen molar-refractivity contribution in [3.8, 4) is 0 Å². The highest BCUT2D eigenvalue weighted by Gasteiger charge is 2.35. The van der Waals surface area contributed by atoms with Crippen molar-refractivity contribution in [3.05, 3.63) is 35.4 Å². The van der Waals surface area contributed by atoms with E-state index in [0.717, 1.165) is 19.1 Å². The number of methoxy groups -OCH3 is 1. The maximum atomic E-state index is 10.8. The van der Waals surface area contributed by atoms with Gasteiger partial charge in [-0.3, -0.25) is 10.5 Å². The maximum Gasteiger partial charge on any atom is 0.168 e. The van der Waals surface area contributed by atoms with Gasteiger partial charge in [0.2, 0.25) is 0 Å². The third-order valence-corrected chi connectivity index (χ3v) is 3.14. The lowest BCUT2D eigenvalue weighted by Gasteiger charge is -2.33. The first-order valence-electron chi connectivity index (χ1n) is 6.16. The number of nitrogens with two attached hydrogens (primary N) is 1. The van der Waals surface area contributed by atoms with E-state index in [1.54, 1.807) is 24.3 Å². The van der Waals surface area contributed by atoms with E-state index >= 15 is 0 Å². The number of benzene rings is 1. The van der Waals surface area contributed by atoms with Crippen LogP contribution in [0.4, 0.5) is 0 Å². The van der Waals surface area contributed by atoms with E-state index in [0.29, 0.717) is 17.5 Å². The summed E-state index contributed by atoms with van der Waals surface area (Å²) in [5.74, 6) is 0. The standard InChI is InChI=1S/C14H21NO3.ClH/c1-3-4-8-13(17)14(15,18-2)12-7-5-6-11(9-12)10-16;/h5-7,9-10,13,17H,3-4,8,15H2,1-2H3;1H/t13-,14-;/m0./s1. The van der Waals surface area contributed by atoms with Crippen LogP contribution in [0.3, 0.4) is 0 Å². The molecule has 0 fully saturated rings. The minimum atomic E-state index is -1.27. The molecule has 0 bridgehead atoms. The van der Waals surface area contributed by atoms with Crippen LogP contribution < -0.4 is 5.73 Å². The van der Waals surface area contributed by atoms with Crippen molar-refractivity contribution < 1.29 is 14.6 Å². The second kappa shape index (κ2) is 8.27. The van der Waals surface area contributed by atoms with E-state index < -0.39 is 11.8 Å². The Balaban J connectivity index is 0.00000324. The molecule has 1 rings (SSSR count). The first-order chi connectivity index (χ1) is 8.58. The fourth-order valence-electron chi connectivity index (χ4n) is 1.91. The molecular formula is C14H22ClNO3. The highest BCUT2D eigenvalue weighted by molar-refractivity contribution is 5.85. The summed E-state index contributed by atoms with van der Waals surface area (Å²) in [6.45, 7) is 2.05. The third kappa shape index (κ3) is 4.28. The average Bonchev–Trinajstić information content (AvgIpc) is 2.43. The van der Waals surface area contributed by atoms with Crippen LogP contribution in [0.2, 0.25) is 0 Å². The number of carbonyl (C=O) groups excluding carboxylic acids is 1. The zero-order valence-electron chi connectivity index (χ0n) is 11.3. The Morgan fingerprint density at radius 3 is 2.74 bits per heavy atom. The predicted molar refractivity (Wildman–Crippen MR) is 77.5 cm³/mol. The van der Waals surface area contributed by atoms with Crippen molar-refractivity contribution in [2.45, 2.75) is 38.0 Å². The lowest BCUT2D eigenvalue weighted by Crippen LogP contribution is -2.49. The molecule has 0 aliphatic carbocycles. The van der Waals surface area contributed by atoms with Crippen molar-refractivity contribution in [1.29, 1.82) is 0 Å². The summed E-state index contributed by atoms with van der Waals surface area (Å²) in [5.41, 5.74) is 5.99. The number of hydrogen-bond donors (Lipinski definition) is 2. The van der Waals surface area contributed by atoms with Crippen LogP contribution in [0.25, 0.3) is 0 Å².